The molecule has 3 aromatic carbocycles. The molecule has 3 aromatic rings. The van der Waals surface area contributed by atoms with Crippen LogP contribution in [-0.2, 0) is 16.1 Å². The van der Waals surface area contributed by atoms with E-state index in [4.69, 9.17) is 23.7 Å². The second kappa shape index (κ2) is 12.4. The molecule has 0 spiro atoms. The summed E-state index contributed by atoms with van der Waals surface area (Å²) in [7, 11) is 7.76. The van der Waals surface area contributed by atoms with Gasteiger partial charge in [-0.3, -0.25) is 9.59 Å². The highest BCUT2D eigenvalue weighted by Gasteiger charge is 2.42. The number of ether oxygens (including phenoxy) is 5. The molecule has 0 saturated carbocycles. The van der Waals surface area contributed by atoms with Crippen LogP contribution in [0, 0.1) is 5.92 Å². The van der Waals surface area contributed by atoms with Gasteiger partial charge in [0.25, 0.3) is 0 Å². The van der Waals surface area contributed by atoms with E-state index >= 15 is 0 Å². The summed E-state index contributed by atoms with van der Waals surface area (Å²) >= 11 is 0. The zero-order valence-corrected chi connectivity index (χ0v) is 22.9. The number of anilines is 1. The first-order chi connectivity index (χ1) is 18.9. The van der Waals surface area contributed by atoms with Crippen molar-refractivity contribution in [3.8, 4) is 28.7 Å². The molecule has 0 unspecified atom stereocenters. The van der Waals surface area contributed by atoms with E-state index in [1.807, 2.05) is 48.5 Å². The van der Waals surface area contributed by atoms with Crippen molar-refractivity contribution < 1.29 is 33.3 Å². The average molecular weight is 535 g/mol. The number of nitrogens with one attached hydrogen (secondary N) is 1. The fraction of sp³-hybridized carbons (Fsp3) is 0.333. The molecule has 1 saturated heterocycles. The lowest BCUT2D eigenvalue weighted by molar-refractivity contribution is -0.129. The molecular formula is C30H34N2O7. The molecule has 0 aliphatic carbocycles. The van der Waals surface area contributed by atoms with Crippen molar-refractivity contribution in [2.75, 3.05) is 40.4 Å². The molecule has 1 aliphatic heterocycles. The summed E-state index contributed by atoms with van der Waals surface area (Å²) in [4.78, 5) is 28.9. The zero-order valence-electron chi connectivity index (χ0n) is 22.9. The Bertz CT molecular complexity index is 1280. The Hall–Kier alpha value is -4.40. The van der Waals surface area contributed by atoms with Crippen LogP contribution in [0.1, 0.15) is 30.0 Å². The summed E-state index contributed by atoms with van der Waals surface area (Å²) in [6, 6.07) is 17.8. The zero-order chi connectivity index (χ0) is 27.9. The van der Waals surface area contributed by atoms with Crippen LogP contribution >= 0.6 is 0 Å². The fourth-order valence-electron chi connectivity index (χ4n) is 5.02. The summed E-state index contributed by atoms with van der Waals surface area (Å²) < 4.78 is 27.4. The van der Waals surface area contributed by atoms with E-state index in [-0.39, 0.29) is 18.2 Å². The van der Waals surface area contributed by atoms with Gasteiger partial charge in [0.05, 0.1) is 53.2 Å². The topological polar surface area (TPSA) is 95.6 Å². The maximum atomic E-state index is 13.7. The first-order valence-corrected chi connectivity index (χ1v) is 12.6. The monoisotopic (exact) mass is 534 g/mol. The number of piperidine rings is 1. The molecule has 39 heavy (non-hydrogen) atoms. The van der Waals surface area contributed by atoms with Crippen LogP contribution in [0.4, 0.5) is 5.69 Å². The number of hydrogen-bond donors (Lipinski definition) is 1. The molecule has 4 rings (SSSR count). The molecule has 1 fully saturated rings. The van der Waals surface area contributed by atoms with Gasteiger partial charge in [-0.15, -0.1) is 0 Å². The number of amides is 2. The summed E-state index contributed by atoms with van der Waals surface area (Å²) in [5, 5.41) is 3.06. The summed E-state index contributed by atoms with van der Waals surface area (Å²) in [6.45, 7) is 0.298. The minimum atomic E-state index is -0.586. The first-order valence-electron chi connectivity index (χ1n) is 12.6. The Labute approximate surface area is 228 Å². The van der Waals surface area contributed by atoms with Gasteiger partial charge in [-0.2, -0.15) is 0 Å². The number of carbonyl (C=O) groups is 2. The van der Waals surface area contributed by atoms with Crippen molar-refractivity contribution in [1.29, 1.82) is 0 Å². The molecule has 1 heterocycles. The predicted molar refractivity (Wildman–Crippen MR) is 147 cm³/mol. The van der Waals surface area contributed by atoms with E-state index in [9.17, 15) is 9.59 Å². The van der Waals surface area contributed by atoms with Crippen molar-refractivity contribution >= 4 is 17.5 Å². The molecule has 0 radical (unpaired) electrons. The normalized spacial score (nSPS) is 16.8. The maximum absolute atomic E-state index is 13.7. The predicted octanol–water partition coefficient (Wildman–Crippen LogP) is 4.53. The molecular weight excluding hydrogens is 500 g/mol. The quantitative estimate of drug-likeness (QED) is 0.408. The van der Waals surface area contributed by atoms with E-state index in [2.05, 4.69) is 5.32 Å². The smallest absolute Gasteiger partial charge is 0.227 e. The number of benzene rings is 3. The molecule has 206 valence electrons. The van der Waals surface area contributed by atoms with Gasteiger partial charge < -0.3 is 33.9 Å². The molecule has 9 nitrogen and oxygen atoms in total. The molecule has 0 bridgehead atoms. The van der Waals surface area contributed by atoms with Crippen LogP contribution in [0.3, 0.4) is 0 Å². The third kappa shape index (κ3) is 5.72. The Balaban J connectivity index is 1.75. The highest BCUT2D eigenvalue weighted by molar-refractivity contribution is 5.98. The molecule has 2 amide bonds. The second-order valence-electron chi connectivity index (χ2n) is 9.04. The number of nitrogens with zero attached hydrogens (tertiary/aromatic N) is 1. The highest BCUT2D eigenvalue weighted by Crippen LogP contribution is 2.46. The fourth-order valence-corrected chi connectivity index (χ4v) is 5.02. The van der Waals surface area contributed by atoms with Crippen LogP contribution < -0.4 is 33.9 Å². The third-order valence-corrected chi connectivity index (χ3v) is 6.96. The van der Waals surface area contributed by atoms with Gasteiger partial charge in [-0.05, 0) is 30.2 Å². The van der Waals surface area contributed by atoms with Crippen LogP contribution in [0.15, 0.2) is 60.7 Å². The number of hydrogen-bond acceptors (Lipinski definition) is 7. The summed E-state index contributed by atoms with van der Waals surface area (Å²) in [6.07, 6.45) is 0.601. The van der Waals surface area contributed by atoms with Crippen molar-refractivity contribution in [2.45, 2.75) is 25.4 Å². The van der Waals surface area contributed by atoms with Crippen LogP contribution in [-0.4, -0.2) is 47.4 Å². The Morgan fingerprint density at radius 2 is 1.49 bits per heavy atom. The molecule has 1 aliphatic rings. The van der Waals surface area contributed by atoms with Gasteiger partial charge in [0.1, 0.15) is 11.5 Å². The number of methoxy groups -OCH3 is 5. The number of rotatable bonds is 10. The lowest BCUT2D eigenvalue weighted by Crippen LogP contribution is -2.48. The number of carbonyl (C=O) groups excluding carboxylic acids is 2. The van der Waals surface area contributed by atoms with Crippen LogP contribution in [0.25, 0.3) is 0 Å². The van der Waals surface area contributed by atoms with Crippen LogP contribution in [0.2, 0.25) is 0 Å². The molecule has 9 heteroatoms. The number of para-hydroxylation sites is 1. The molecule has 1 N–H and O–H groups in total. The average Bonchev–Trinajstić information content (AvgIpc) is 2.98. The van der Waals surface area contributed by atoms with E-state index in [0.717, 1.165) is 11.1 Å². The summed E-state index contributed by atoms with van der Waals surface area (Å²) in [5.74, 6) is 1.82. The SMILES string of the molecule is COc1ccc([C@H]2[C@@H](C(=O)NCc3ccccc3OC)CCC(=O)N2c2cc(OC)c(OC)c(OC)c2)cc1. The molecule has 0 aromatic heterocycles. The van der Waals surface area contributed by atoms with Crippen molar-refractivity contribution in [1.82, 2.24) is 5.32 Å². The minimum absolute atomic E-state index is 0.112. The van der Waals surface area contributed by atoms with Gasteiger partial charge in [0, 0.05) is 30.7 Å². The summed E-state index contributed by atoms with van der Waals surface area (Å²) in [5.41, 5.74) is 2.20. The Morgan fingerprint density at radius 3 is 2.08 bits per heavy atom. The highest BCUT2D eigenvalue weighted by atomic mass is 16.5. The maximum Gasteiger partial charge on any atom is 0.227 e. The van der Waals surface area contributed by atoms with Crippen molar-refractivity contribution in [3.05, 3.63) is 71.8 Å². The lowest BCUT2D eigenvalue weighted by Gasteiger charge is -2.41. The lowest BCUT2D eigenvalue weighted by atomic mass is 9.83. The van der Waals surface area contributed by atoms with E-state index in [1.54, 1.807) is 31.3 Å². The minimum Gasteiger partial charge on any atom is -0.497 e. The largest absolute Gasteiger partial charge is 0.497 e. The van der Waals surface area contributed by atoms with Crippen molar-refractivity contribution in [2.24, 2.45) is 5.92 Å². The van der Waals surface area contributed by atoms with Gasteiger partial charge in [0.15, 0.2) is 11.5 Å². The Kier molecular flexibility index (Phi) is 8.81. The van der Waals surface area contributed by atoms with E-state index in [1.165, 1.54) is 21.3 Å². The third-order valence-electron chi connectivity index (χ3n) is 6.96. The molecule has 2 atom stereocenters. The first kappa shape index (κ1) is 27.6. The second-order valence-corrected chi connectivity index (χ2v) is 9.04. The van der Waals surface area contributed by atoms with E-state index in [0.29, 0.717) is 47.4 Å². The van der Waals surface area contributed by atoms with E-state index < -0.39 is 12.0 Å². The van der Waals surface area contributed by atoms with Gasteiger partial charge >= 0.3 is 0 Å². The van der Waals surface area contributed by atoms with Gasteiger partial charge in [0.2, 0.25) is 17.6 Å². The van der Waals surface area contributed by atoms with Crippen LogP contribution in [0.5, 0.6) is 28.7 Å². The van der Waals surface area contributed by atoms with Gasteiger partial charge in [-0.1, -0.05) is 30.3 Å². The van der Waals surface area contributed by atoms with Crippen molar-refractivity contribution in [3.63, 3.8) is 0 Å². The Morgan fingerprint density at radius 1 is 0.846 bits per heavy atom. The van der Waals surface area contributed by atoms with Gasteiger partial charge in [-0.25, -0.2) is 0 Å². The standard InChI is InChI=1S/C30H34N2O7/c1-35-22-12-10-19(11-13-22)28-23(30(34)31-18-20-8-6-7-9-24(20)36-2)14-15-27(33)32(28)21-16-25(37-3)29(39-5)26(17-21)38-4/h6-13,16-17,23,28H,14-15,18H2,1-5H3,(H,31,34)/t23-,28-/m0/s1.